The summed E-state index contributed by atoms with van der Waals surface area (Å²) in [4.78, 5) is 10.3. The third-order valence-electron chi connectivity index (χ3n) is 0.847. The fourth-order valence-electron chi connectivity index (χ4n) is 0.588. The van der Waals surface area contributed by atoms with Crippen LogP contribution in [0.3, 0.4) is 0 Å². The summed E-state index contributed by atoms with van der Waals surface area (Å²) in [6, 6.07) is 0. The molecule has 0 saturated carbocycles. The highest BCUT2D eigenvalue weighted by Crippen LogP contribution is 1.97. The molecule has 4 nitrogen and oxygen atoms in total. The van der Waals surface area contributed by atoms with Crippen molar-refractivity contribution in [1.29, 1.82) is 0 Å². The number of rotatable bonds is 4. The Kier molecular flexibility index (Phi) is 1.14. The highest BCUT2D eigenvalue weighted by molar-refractivity contribution is 5.64. The van der Waals surface area contributed by atoms with E-state index in [9.17, 15) is 15.0 Å². The molecule has 0 saturated heterocycles. The maximum atomic E-state index is 10.3. The minimum atomic E-state index is -3.04. The second-order valence-electron chi connectivity index (χ2n) is 2.46. The van der Waals surface area contributed by atoms with Crippen LogP contribution in [0.15, 0.2) is 0 Å². The van der Waals surface area contributed by atoms with Crippen molar-refractivity contribution in [3.63, 3.8) is 0 Å². The van der Waals surface area contributed by atoms with Gasteiger partial charge in [0.2, 0.25) is 0 Å². The number of likely N-dealkylation sites (N-methyl/N-ethyl adjacent to an activating group) is 1. The molecule has 0 fully saturated rings. The molecule has 11 heavy (non-hydrogen) atoms. The fraction of sp³-hybridized carbons (Fsp3) is 0.857. The molecule has 0 spiro atoms. The number of aliphatic hydroxyl groups is 1. The SMILES string of the molecule is [2H]C([2H])([2H])[N+](C)(C[C@@]([2H])(O)CC(=O)[O-])C([2H])([2H])[2H]. The van der Waals surface area contributed by atoms with Crippen LogP contribution in [0, 0.1) is 0 Å². The molecule has 1 atom stereocenters. The van der Waals surface area contributed by atoms with Crippen molar-refractivity contribution in [2.24, 2.45) is 0 Å². The Morgan fingerprint density at radius 2 is 2.45 bits per heavy atom. The van der Waals surface area contributed by atoms with E-state index in [4.69, 9.17) is 9.60 Å². The number of nitrogens with zero attached hydrogens (tertiary/aromatic N) is 1. The van der Waals surface area contributed by atoms with E-state index >= 15 is 0 Å². The van der Waals surface area contributed by atoms with Gasteiger partial charge < -0.3 is 19.5 Å². The molecular weight excluding hydrogens is 146 g/mol. The molecule has 0 aliphatic carbocycles. The van der Waals surface area contributed by atoms with Gasteiger partial charge in [-0.15, -0.1) is 0 Å². The number of carboxylic acid groups (broad SMARTS) is 1. The van der Waals surface area contributed by atoms with E-state index < -0.39 is 43.4 Å². The zero-order valence-corrected chi connectivity index (χ0v) is 6.13. The summed E-state index contributed by atoms with van der Waals surface area (Å²) < 4.78 is 48.8. The average molecular weight is 168 g/mol. The van der Waals surface area contributed by atoms with Crippen LogP contribution in [-0.2, 0) is 4.79 Å². The lowest BCUT2D eigenvalue weighted by molar-refractivity contribution is -0.873. The molecule has 0 aliphatic heterocycles. The number of aliphatic carboxylic acids is 1. The number of hydrogen-bond donors (Lipinski definition) is 1. The summed E-state index contributed by atoms with van der Waals surface area (Å²) in [7, 11) is 0.814. The normalized spacial score (nSPS) is 29.1. The van der Waals surface area contributed by atoms with E-state index in [0.717, 1.165) is 7.05 Å². The van der Waals surface area contributed by atoms with Gasteiger partial charge in [-0.05, 0) is 0 Å². The van der Waals surface area contributed by atoms with E-state index in [1.807, 2.05) is 0 Å². The third-order valence-corrected chi connectivity index (χ3v) is 0.847. The summed E-state index contributed by atoms with van der Waals surface area (Å²) in [6.07, 6.45) is -3.91. The summed E-state index contributed by atoms with van der Waals surface area (Å²) in [5, 5.41) is 19.8. The average Bonchev–Trinajstić information content (AvgIpc) is 1.94. The van der Waals surface area contributed by atoms with Gasteiger partial charge in [0, 0.05) is 12.4 Å². The molecule has 0 aliphatic rings. The van der Waals surface area contributed by atoms with E-state index in [2.05, 4.69) is 0 Å². The van der Waals surface area contributed by atoms with Crippen LogP contribution in [0.4, 0.5) is 0 Å². The third kappa shape index (κ3) is 7.29. The van der Waals surface area contributed by atoms with Crippen molar-refractivity contribution in [1.82, 2.24) is 0 Å². The first-order valence-electron chi connectivity index (χ1n) is 6.40. The monoisotopic (exact) mass is 168 g/mol. The highest BCUT2D eigenvalue weighted by Gasteiger charge is 2.14. The van der Waals surface area contributed by atoms with E-state index in [1.165, 1.54) is 0 Å². The summed E-state index contributed by atoms with van der Waals surface area (Å²) in [5.41, 5.74) is 0. The van der Waals surface area contributed by atoms with Crippen LogP contribution in [0.25, 0.3) is 0 Å². The van der Waals surface area contributed by atoms with Crippen molar-refractivity contribution < 1.29 is 29.1 Å². The van der Waals surface area contributed by atoms with Crippen LogP contribution in [0.5, 0.6) is 0 Å². The minimum absolute atomic E-state index is 0.814. The van der Waals surface area contributed by atoms with Gasteiger partial charge in [-0.25, -0.2) is 0 Å². The molecule has 0 aromatic rings. The zero-order chi connectivity index (χ0) is 15.0. The van der Waals surface area contributed by atoms with Gasteiger partial charge in [-0.3, -0.25) is 0 Å². The quantitative estimate of drug-likeness (QED) is 0.503. The Bertz CT molecular complexity index is 308. The Balaban J connectivity index is 5.35. The predicted molar refractivity (Wildman–Crippen MR) is 38.5 cm³/mol. The molecule has 0 amide bonds. The predicted octanol–water partition coefficient (Wildman–Crippen LogP) is -1.81. The van der Waals surface area contributed by atoms with Crippen molar-refractivity contribution in [2.45, 2.75) is 12.5 Å². The van der Waals surface area contributed by atoms with Gasteiger partial charge in [0.05, 0.1) is 30.6 Å². The smallest absolute Gasteiger partial charge is 0.108 e. The van der Waals surface area contributed by atoms with Gasteiger partial charge in [-0.2, -0.15) is 0 Å². The second-order valence-corrected chi connectivity index (χ2v) is 2.46. The van der Waals surface area contributed by atoms with Crippen molar-refractivity contribution in [2.75, 3.05) is 27.5 Å². The Morgan fingerprint density at radius 1 is 1.91 bits per heavy atom. The van der Waals surface area contributed by atoms with Crippen LogP contribution in [0.2, 0.25) is 0 Å². The number of carboxylic acids is 1. The maximum absolute atomic E-state index is 10.3. The number of hydrogen-bond acceptors (Lipinski definition) is 3. The zero-order valence-electron chi connectivity index (χ0n) is 13.1. The number of quaternary nitrogens is 1. The number of carbonyl (C=O) groups excluding carboxylic acids is 1. The summed E-state index contributed by atoms with van der Waals surface area (Å²) >= 11 is 0. The van der Waals surface area contributed by atoms with Gasteiger partial charge in [0.25, 0.3) is 0 Å². The van der Waals surface area contributed by atoms with E-state index in [-0.39, 0.29) is 0 Å². The minimum Gasteiger partial charge on any atom is -0.550 e. The molecule has 0 bridgehead atoms. The van der Waals surface area contributed by atoms with Crippen molar-refractivity contribution in [3.8, 4) is 0 Å². The van der Waals surface area contributed by atoms with E-state index in [1.54, 1.807) is 0 Å². The Labute approximate surface area is 76.5 Å². The van der Waals surface area contributed by atoms with Gasteiger partial charge >= 0.3 is 0 Å². The highest BCUT2D eigenvalue weighted by atomic mass is 16.4. The molecule has 1 N–H and O–H groups in total. The van der Waals surface area contributed by atoms with Crippen LogP contribution in [-0.4, -0.2) is 49.2 Å². The first-order valence-corrected chi connectivity index (χ1v) is 2.90. The molecule has 4 heteroatoms. The molecule has 0 rings (SSSR count). The lowest BCUT2D eigenvalue weighted by Gasteiger charge is -2.26. The lowest BCUT2D eigenvalue weighted by Crippen LogP contribution is -2.43. The van der Waals surface area contributed by atoms with Crippen LogP contribution >= 0.6 is 0 Å². The fourth-order valence-corrected chi connectivity index (χ4v) is 0.588. The molecule has 0 aromatic heterocycles. The standard InChI is InChI=1S/C7H15NO3/c1-8(2,3)5-6(9)4-7(10)11/h6,9H,4-5H2,1-3H3/t6-/m0/s1/i1D3,2D3,6D. The second kappa shape index (κ2) is 3.69. The molecule has 0 unspecified atom stereocenters. The van der Waals surface area contributed by atoms with Crippen LogP contribution in [0.1, 0.15) is 16.0 Å². The first-order chi connectivity index (χ1) is 7.62. The largest absolute Gasteiger partial charge is 0.550 e. The van der Waals surface area contributed by atoms with Gasteiger partial charge in [0.1, 0.15) is 12.6 Å². The molecular formula is C7H15NO3. The number of carbonyl (C=O) groups is 1. The molecule has 66 valence electrons. The molecule has 0 radical (unpaired) electrons. The molecule has 0 aromatic carbocycles. The first kappa shape index (κ1) is 3.41. The Hall–Kier alpha value is -0.610. The lowest BCUT2D eigenvalue weighted by atomic mass is 10.2. The van der Waals surface area contributed by atoms with Crippen molar-refractivity contribution >= 4 is 5.97 Å². The molecule has 0 heterocycles. The Morgan fingerprint density at radius 3 is 2.82 bits per heavy atom. The van der Waals surface area contributed by atoms with Crippen molar-refractivity contribution in [3.05, 3.63) is 0 Å². The van der Waals surface area contributed by atoms with Gasteiger partial charge in [-0.1, -0.05) is 0 Å². The van der Waals surface area contributed by atoms with Crippen LogP contribution < -0.4 is 5.11 Å². The topological polar surface area (TPSA) is 60.4 Å². The summed E-state index contributed by atoms with van der Waals surface area (Å²) in [5.74, 6) is -1.77. The van der Waals surface area contributed by atoms with Gasteiger partial charge in [0.15, 0.2) is 0 Å². The van der Waals surface area contributed by atoms with E-state index in [0.29, 0.717) is 0 Å². The summed E-state index contributed by atoms with van der Waals surface area (Å²) in [6.45, 7) is -7.16. The maximum Gasteiger partial charge on any atom is 0.108 e.